The van der Waals surface area contributed by atoms with Crippen molar-refractivity contribution in [2.75, 3.05) is 11.4 Å². The van der Waals surface area contributed by atoms with Crippen LogP contribution in [0.4, 0.5) is 5.95 Å². The summed E-state index contributed by atoms with van der Waals surface area (Å²) in [5.41, 5.74) is 0. The molecule has 0 saturated heterocycles. The highest BCUT2D eigenvalue weighted by Crippen LogP contribution is 2.31. The molecule has 106 valence electrons. The van der Waals surface area contributed by atoms with Gasteiger partial charge in [-0.3, -0.25) is 0 Å². The molecule has 19 heavy (non-hydrogen) atoms. The first-order chi connectivity index (χ1) is 9.10. The molecule has 0 N–H and O–H groups in total. The number of nitrogens with zero attached hydrogens (tertiary/aromatic N) is 4. The van der Waals surface area contributed by atoms with E-state index < -0.39 is 0 Å². The summed E-state index contributed by atoms with van der Waals surface area (Å²) >= 11 is 5.97. The Bertz CT molecular complexity index is 423. The maximum Gasteiger partial charge on any atom is 0.322 e. The van der Waals surface area contributed by atoms with Crippen LogP contribution in [0.2, 0.25) is 5.28 Å². The molecule has 1 aromatic heterocycles. The topological polar surface area (TPSA) is 51.1 Å². The van der Waals surface area contributed by atoms with Crippen molar-refractivity contribution in [2.45, 2.75) is 58.6 Å². The normalized spacial score (nSPS) is 14.8. The predicted octanol–water partition coefficient (Wildman–Crippen LogP) is 3.08. The Morgan fingerprint density at radius 1 is 1.32 bits per heavy atom. The summed E-state index contributed by atoms with van der Waals surface area (Å²) < 4.78 is 5.52. The second kappa shape index (κ2) is 6.37. The molecule has 0 aromatic carbocycles. The molecule has 1 aromatic rings. The van der Waals surface area contributed by atoms with Crippen LogP contribution in [0.25, 0.3) is 0 Å². The summed E-state index contributed by atoms with van der Waals surface area (Å²) in [6.45, 7) is 7.02. The fourth-order valence-electron chi connectivity index (χ4n) is 1.87. The first-order valence-electron chi connectivity index (χ1n) is 6.95. The van der Waals surface area contributed by atoms with Crippen LogP contribution < -0.4 is 9.64 Å². The standard InChI is InChI=1S/C13H21ClN4O/c1-4-5-8-18(10-6-7-10)12-15-11(14)16-13(17-12)19-9(2)3/h9-10H,4-8H2,1-3H3. The van der Waals surface area contributed by atoms with Crippen LogP contribution in [0, 0.1) is 0 Å². The molecular formula is C13H21ClN4O. The number of hydrogen-bond acceptors (Lipinski definition) is 5. The molecule has 0 spiro atoms. The highest BCUT2D eigenvalue weighted by molar-refractivity contribution is 6.28. The summed E-state index contributed by atoms with van der Waals surface area (Å²) in [6.07, 6.45) is 4.70. The number of hydrogen-bond donors (Lipinski definition) is 0. The number of anilines is 1. The Labute approximate surface area is 119 Å². The molecule has 1 fully saturated rings. The van der Waals surface area contributed by atoms with Gasteiger partial charge in [0.15, 0.2) is 0 Å². The number of ether oxygens (including phenoxy) is 1. The molecule has 1 heterocycles. The van der Waals surface area contributed by atoms with Gasteiger partial charge in [-0.25, -0.2) is 0 Å². The summed E-state index contributed by atoms with van der Waals surface area (Å²) in [4.78, 5) is 14.9. The van der Waals surface area contributed by atoms with Crippen LogP contribution in [0.1, 0.15) is 46.5 Å². The number of unbranched alkanes of at least 4 members (excludes halogenated alkanes) is 1. The third-order valence-corrected chi connectivity index (χ3v) is 3.08. The lowest BCUT2D eigenvalue weighted by Crippen LogP contribution is -2.29. The van der Waals surface area contributed by atoms with E-state index in [1.54, 1.807) is 0 Å². The van der Waals surface area contributed by atoms with Crippen LogP contribution in [-0.4, -0.2) is 33.6 Å². The lowest BCUT2D eigenvalue weighted by Gasteiger charge is -2.22. The zero-order valence-electron chi connectivity index (χ0n) is 11.8. The van der Waals surface area contributed by atoms with Gasteiger partial charge in [0.25, 0.3) is 0 Å². The Morgan fingerprint density at radius 2 is 2.05 bits per heavy atom. The average molecular weight is 285 g/mol. The Morgan fingerprint density at radius 3 is 2.63 bits per heavy atom. The molecule has 6 heteroatoms. The van der Waals surface area contributed by atoms with E-state index in [1.807, 2.05) is 13.8 Å². The zero-order chi connectivity index (χ0) is 13.8. The molecule has 0 radical (unpaired) electrons. The number of rotatable bonds is 7. The van der Waals surface area contributed by atoms with E-state index in [1.165, 1.54) is 12.8 Å². The van der Waals surface area contributed by atoms with Crippen molar-refractivity contribution in [3.8, 4) is 6.01 Å². The third-order valence-electron chi connectivity index (χ3n) is 2.91. The molecular weight excluding hydrogens is 264 g/mol. The molecule has 5 nitrogen and oxygen atoms in total. The largest absolute Gasteiger partial charge is 0.461 e. The van der Waals surface area contributed by atoms with E-state index in [0.29, 0.717) is 18.0 Å². The zero-order valence-corrected chi connectivity index (χ0v) is 12.5. The van der Waals surface area contributed by atoms with Gasteiger partial charge >= 0.3 is 6.01 Å². The lowest BCUT2D eigenvalue weighted by atomic mass is 10.3. The molecule has 0 atom stereocenters. The van der Waals surface area contributed by atoms with E-state index in [-0.39, 0.29) is 11.4 Å². The molecule has 0 unspecified atom stereocenters. The van der Waals surface area contributed by atoms with E-state index in [0.717, 1.165) is 19.4 Å². The van der Waals surface area contributed by atoms with Crippen molar-refractivity contribution in [1.82, 2.24) is 15.0 Å². The maximum atomic E-state index is 5.97. The van der Waals surface area contributed by atoms with E-state index in [4.69, 9.17) is 16.3 Å². The Kier molecular flexibility index (Phi) is 4.80. The van der Waals surface area contributed by atoms with Crippen LogP contribution >= 0.6 is 11.6 Å². The van der Waals surface area contributed by atoms with E-state index in [2.05, 4.69) is 26.8 Å². The summed E-state index contributed by atoms with van der Waals surface area (Å²) in [7, 11) is 0. The number of aromatic nitrogens is 3. The first-order valence-corrected chi connectivity index (χ1v) is 7.32. The summed E-state index contributed by atoms with van der Waals surface area (Å²) in [6, 6.07) is 0.865. The molecule has 1 saturated carbocycles. The molecule has 1 aliphatic rings. The number of halogens is 1. The second-order valence-corrected chi connectivity index (χ2v) is 5.47. The van der Waals surface area contributed by atoms with Gasteiger partial charge in [0.05, 0.1) is 6.10 Å². The highest BCUT2D eigenvalue weighted by atomic mass is 35.5. The van der Waals surface area contributed by atoms with Crippen LogP contribution in [-0.2, 0) is 0 Å². The minimum Gasteiger partial charge on any atom is -0.461 e. The molecule has 0 aliphatic heterocycles. The molecule has 1 aliphatic carbocycles. The molecule has 2 rings (SSSR count). The summed E-state index contributed by atoms with van der Waals surface area (Å²) in [5.74, 6) is 0.645. The van der Waals surface area contributed by atoms with Crippen LogP contribution in [0.5, 0.6) is 6.01 Å². The summed E-state index contributed by atoms with van der Waals surface area (Å²) in [5, 5.41) is 0.197. The fraction of sp³-hybridized carbons (Fsp3) is 0.769. The minimum absolute atomic E-state index is 0.0244. The first kappa shape index (κ1) is 14.3. The van der Waals surface area contributed by atoms with E-state index >= 15 is 0 Å². The van der Waals surface area contributed by atoms with Crippen molar-refractivity contribution < 1.29 is 4.74 Å². The van der Waals surface area contributed by atoms with Gasteiger partial charge in [-0.05, 0) is 44.7 Å². The van der Waals surface area contributed by atoms with Crippen molar-refractivity contribution in [2.24, 2.45) is 0 Å². The van der Waals surface area contributed by atoms with Crippen molar-refractivity contribution in [1.29, 1.82) is 0 Å². The fourth-order valence-corrected chi connectivity index (χ4v) is 2.02. The van der Waals surface area contributed by atoms with Crippen LogP contribution in [0.3, 0.4) is 0 Å². The lowest BCUT2D eigenvalue weighted by molar-refractivity contribution is 0.221. The van der Waals surface area contributed by atoms with Crippen molar-refractivity contribution >= 4 is 17.5 Å². The van der Waals surface area contributed by atoms with E-state index in [9.17, 15) is 0 Å². The second-order valence-electron chi connectivity index (χ2n) is 5.13. The minimum atomic E-state index is 0.0244. The molecule has 0 amide bonds. The highest BCUT2D eigenvalue weighted by Gasteiger charge is 2.31. The van der Waals surface area contributed by atoms with Gasteiger partial charge in [0, 0.05) is 12.6 Å². The van der Waals surface area contributed by atoms with Gasteiger partial charge in [-0.1, -0.05) is 13.3 Å². The predicted molar refractivity (Wildman–Crippen MR) is 75.9 cm³/mol. The SMILES string of the molecule is CCCCN(c1nc(Cl)nc(OC(C)C)n1)C1CC1. The molecule has 0 bridgehead atoms. The maximum absolute atomic E-state index is 5.97. The van der Waals surface area contributed by atoms with Crippen LogP contribution in [0.15, 0.2) is 0 Å². The third kappa shape index (κ3) is 4.20. The smallest absolute Gasteiger partial charge is 0.322 e. The Hall–Kier alpha value is -1.10. The van der Waals surface area contributed by atoms with Gasteiger partial charge < -0.3 is 9.64 Å². The average Bonchev–Trinajstić information content (AvgIpc) is 3.12. The Balaban J connectivity index is 2.18. The van der Waals surface area contributed by atoms with Gasteiger partial charge in [0.1, 0.15) is 0 Å². The van der Waals surface area contributed by atoms with Crippen molar-refractivity contribution in [3.63, 3.8) is 0 Å². The monoisotopic (exact) mass is 284 g/mol. The van der Waals surface area contributed by atoms with Gasteiger partial charge in [-0.2, -0.15) is 15.0 Å². The van der Waals surface area contributed by atoms with Gasteiger partial charge in [-0.15, -0.1) is 0 Å². The quantitative estimate of drug-likeness (QED) is 0.770. The van der Waals surface area contributed by atoms with Gasteiger partial charge in [0.2, 0.25) is 11.2 Å². The van der Waals surface area contributed by atoms with Crippen molar-refractivity contribution in [3.05, 3.63) is 5.28 Å².